The van der Waals surface area contributed by atoms with E-state index in [0.717, 1.165) is 11.1 Å². The number of carbonyl (C=O) groups is 1. The molecular weight excluding hydrogens is 426 g/mol. The normalized spacial score (nSPS) is 16.3. The molecule has 0 radical (unpaired) electrons. The summed E-state index contributed by atoms with van der Waals surface area (Å²) in [7, 11) is -0.810. The van der Waals surface area contributed by atoms with Crippen molar-refractivity contribution in [3.63, 3.8) is 0 Å². The summed E-state index contributed by atoms with van der Waals surface area (Å²) in [4.78, 5) is 13.9. The summed E-state index contributed by atoms with van der Waals surface area (Å²) in [6, 6.07) is 17.9. The highest BCUT2D eigenvalue weighted by molar-refractivity contribution is 7.89. The van der Waals surface area contributed by atoms with Crippen molar-refractivity contribution in [3.8, 4) is 11.5 Å². The maximum Gasteiger partial charge on any atom is 0.244 e. The maximum absolute atomic E-state index is 13.7. The molecule has 0 N–H and O–H groups in total. The molecule has 0 spiro atoms. The van der Waals surface area contributed by atoms with Crippen LogP contribution >= 0.6 is 0 Å². The van der Waals surface area contributed by atoms with E-state index < -0.39 is 16.1 Å². The summed E-state index contributed by atoms with van der Waals surface area (Å²) in [6.45, 7) is 2.11. The summed E-state index contributed by atoms with van der Waals surface area (Å²) in [5, 5.41) is 0. The lowest BCUT2D eigenvalue weighted by Crippen LogP contribution is -2.43. The van der Waals surface area contributed by atoms with Crippen LogP contribution in [0.2, 0.25) is 0 Å². The Hall–Kier alpha value is -3.16. The van der Waals surface area contributed by atoms with Gasteiger partial charge in [-0.15, -0.1) is 0 Å². The van der Waals surface area contributed by atoms with Crippen LogP contribution in [-0.4, -0.2) is 39.3 Å². The minimum absolute atomic E-state index is 0.168. The number of rotatable bonds is 6. The first-order chi connectivity index (χ1) is 15.3. The third-order valence-electron chi connectivity index (χ3n) is 5.79. The number of hydrogen-bond acceptors (Lipinski definition) is 5. The molecule has 1 heterocycles. The Balaban J connectivity index is 1.84. The Morgan fingerprint density at radius 3 is 2.16 bits per heavy atom. The topological polar surface area (TPSA) is 72.9 Å². The van der Waals surface area contributed by atoms with E-state index in [0.29, 0.717) is 29.0 Å². The second-order valence-electron chi connectivity index (χ2n) is 7.74. The lowest BCUT2D eigenvalue weighted by Gasteiger charge is -2.35. The fraction of sp³-hybridized carbons (Fsp3) is 0.240. The van der Waals surface area contributed by atoms with Crippen molar-refractivity contribution in [1.29, 1.82) is 0 Å². The van der Waals surface area contributed by atoms with Crippen LogP contribution in [0.3, 0.4) is 0 Å². The fourth-order valence-electron chi connectivity index (χ4n) is 3.99. The van der Waals surface area contributed by atoms with Gasteiger partial charge in [0.25, 0.3) is 0 Å². The van der Waals surface area contributed by atoms with E-state index >= 15 is 0 Å². The molecule has 0 saturated carbocycles. The zero-order valence-electron chi connectivity index (χ0n) is 18.2. The number of benzene rings is 3. The third kappa shape index (κ3) is 4.01. The highest BCUT2D eigenvalue weighted by Crippen LogP contribution is 2.38. The Kier molecular flexibility index (Phi) is 6.04. The first kappa shape index (κ1) is 22.0. The number of hydrogen-bond donors (Lipinski definition) is 0. The number of methoxy groups -OCH3 is 2. The smallest absolute Gasteiger partial charge is 0.244 e. The molecule has 1 atom stereocenters. The number of ether oxygens (including phenoxy) is 2. The Bertz CT molecular complexity index is 1230. The molecule has 0 aromatic heterocycles. The fourth-order valence-corrected chi connectivity index (χ4v) is 5.56. The zero-order valence-corrected chi connectivity index (χ0v) is 19.1. The molecule has 6 nitrogen and oxygen atoms in total. The Labute approximate surface area is 188 Å². The summed E-state index contributed by atoms with van der Waals surface area (Å²) in [5.41, 5.74) is 2.96. The molecule has 1 unspecified atom stereocenters. The number of Topliss-reactive ketones (excluding diaryl/α,β-unsaturated/α-hetero) is 1. The van der Waals surface area contributed by atoms with Crippen LogP contribution in [0.25, 0.3) is 0 Å². The SMILES string of the molecule is COc1ccc(C(=O)C2c3cc(OC)ccc3CCN2S(=O)(=O)c2ccc(C)cc2)cc1. The van der Waals surface area contributed by atoms with Gasteiger partial charge in [-0.05, 0) is 73.0 Å². The van der Waals surface area contributed by atoms with Crippen molar-refractivity contribution < 1.29 is 22.7 Å². The van der Waals surface area contributed by atoms with Crippen molar-refractivity contribution in [1.82, 2.24) is 4.31 Å². The van der Waals surface area contributed by atoms with Gasteiger partial charge >= 0.3 is 0 Å². The molecule has 0 amide bonds. The largest absolute Gasteiger partial charge is 0.497 e. The number of ketones is 1. The Morgan fingerprint density at radius 1 is 0.906 bits per heavy atom. The second kappa shape index (κ2) is 8.76. The minimum atomic E-state index is -3.91. The monoisotopic (exact) mass is 451 g/mol. The van der Waals surface area contributed by atoms with Gasteiger partial charge in [-0.25, -0.2) is 8.42 Å². The number of sulfonamides is 1. The van der Waals surface area contributed by atoms with Crippen LogP contribution in [-0.2, 0) is 16.4 Å². The predicted octanol–water partition coefficient (Wildman–Crippen LogP) is 4.18. The average molecular weight is 452 g/mol. The molecule has 0 saturated heterocycles. The minimum Gasteiger partial charge on any atom is -0.497 e. The predicted molar refractivity (Wildman–Crippen MR) is 122 cm³/mol. The molecule has 0 fully saturated rings. The van der Waals surface area contributed by atoms with Gasteiger partial charge in [0.15, 0.2) is 5.78 Å². The number of nitrogens with zero attached hydrogens (tertiary/aromatic N) is 1. The van der Waals surface area contributed by atoms with Crippen LogP contribution in [0.5, 0.6) is 11.5 Å². The van der Waals surface area contributed by atoms with Crippen molar-refractivity contribution in [3.05, 3.63) is 89.0 Å². The first-order valence-electron chi connectivity index (χ1n) is 10.3. The highest BCUT2D eigenvalue weighted by atomic mass is 32.2. The van der Waals surface area contributed by atoms with E-state index in [1.807, 2.05) is 19.1 Å². The van der Waals surface area contributed by atoms with Crippen LogP contribution in [0.4, 0.5) is 0 Å². The zero-order chi connectivity index (χ0) is 22.9. The molecule has 32 heavy (non-hydrogen) atoms. The van der Waals surface area contributed by atoms with Crippen LogP contribution in [0.15, 0.2) is 71.6 Å². The van der Waals surface area contributed by atoms with Gasteiger partial charge in [0, 0.05) is 12.1 Å². The quantitative estimate of drug-likeness (QED) is 0.526. The molecule has 3 aromatic carbocycles. The van der Waals surface area contributed by atoms with Crippen molar-refractivity contribution in [2.24, 2.45) is 0 Å². The lowest BCUT2D eigenvalue weighted by molar-refractivity contribution is 0.0886. The molecule has 1 aliphatic rings. The van der Waals surface area contributed by atoms with Gasteiger partial charge in [-0.2, -0.15) is 4.31 Å². The molecule has 0 bridgehead atoms. The summed E-state index contributed by atoms with van der Waals surface area (Å²) < 4.78 is 39.1. The lowest BCUT2D eigenvalue weighted by atomic mass is 9.89. The highest BCUT2D eigenvalue weighted by Gasteiger charge is 2.41. The van der Waals surface area contributed by atoms with Gasteiger partial charge in [-0.3, -0.25) is 4.79 Å². The summed E-state index contributed by atoms with van der Waals surface area (Å²) in [6.07, 6.45) is 0.511. The van der Waals surface area contributed by atoms with E-state index in [9.17, 15) is 13.2 Å². The first-order valence-corrected chi connectivity index (χ1v) is 11.7. The average Bonchev–Trinajstić information content (AvgIpc) is 2.82. The van der Waals surface area contributed by atoms with Gasteiger partial charge in [0.05, 0.1) is 19.1 Å². The van der Waals surface area contributed by atoms with E-state index in [2.05, 4.69) is 0 Å². The second-order valence-corrected chi connectivity index (χ2v) is 9.63. The van der Waals surface area contributed by atoms with Crippen LogP contribution in [0.1, 0.15) is 33.1 Å². The van der Waals surface area contributed by atoms with Gasteiger partial charge in [0.1, 0.15) is 17.5 Å². The molecule has 4 rings (SSSR count). The summed E-state index contributed by atoms with van der Waals surface area (Å²) in [5.74, 6) is 0.903. The van der Waals surface area contributed by atoms with Crippen LogP contribution < -0.4 is 9.47 Å². The third-order valence-corrected chi connectivity index (χ3v) is 7.67. The van der Waals surface area contributed by atoms with Gasteiger partial charge in [0.2, 0.25) is 10.0 Å². The number of fused-ring (bicyclic) bond motifs is 1. The summed E-state index contributed by atoms with van der Waals surface area (Å²) >= 11 is 0. The molecular formula is C25H25NO5S. The van der Waals surface area contributed by atoms with Crippen LogP contribution in [0, 0.1) is 6.92 Å². The number of aryl methyl sites for hydroxylation is 1. The molecule has 0 aliphatic carbocycles. The van der Waals surface area contributed by atoms with E-state index in [4.69, 9.17) is 9.47 Å². The van der Waals surface area contributed by atoms with Crippen molar-refractivity contribution in [2.75, 3.05) is 20.8 Å². The van der Waals surface area contributed by atoms with Crippen molar-refractivity contribution in [2.45, 2.75) is 24.3 Å². The molecule has 7 heteroatoms. The number of carbonyl (C=O) groups excluding carboxylic acids is 1. The van der Waals surface area contributed by atoms with E-state index in [1.54, 1.807) is 68.8 Å². The molecule has 3 aromatic rings. The van der Waals surface area contributed by atoms with E-state index in [1.165, 1.54) is 4.31 Å². The standard InChI is InChI=1S/C25H25NO5S/c1-17-4-12-22(13-5-17)32(28,29)26-15-14-18-6-11-21(31-3)16-23(18)24(26)25(27)19-7-9-20(30-2)10-8-19/h4-13,16,24H,14-15H2,1-3H3. The van der Waals surface area contributed by atoms with Crippen molar-refractivity contribution >= 4 is 15.8 Å². The maximum atomic E-state index is 13.7. The van der Waals surface area contributed by atoms with Gasteiger partial charge < -0.3 is 9.47 Å². The van der Waals surface area contributed by atoms with Gasteiger partial charge in [-0.1, -0.05) is 23.8 Å². The van der Waals surface area contributed by atoms with E-state index in [-0.39, 0.29) is 17.2 Å². The Morgan fingerprint density at radius 2 is 1.53 bits per heavy atom. The molecule has 166 valence electrons. The molecule has 1 aliphatic heterocycles.